The zero-order valence-electron chi connectivity index (χ0n) is 20.7. The van der Waals surface area contributed by atoms with Crippen LogP contribution in [-0.2, 0) is 16.1 Å². The number of likely N-dealkylation sites (tertiary alicyclic amines) is 1. The van der Waals surface area contributed by atoms with Crippen molar-refractivity contribution in [3.8, 4) is 17.2 Å². The molecule has 2 aromatic carbocycles. The Balaban J connectivity index is 1.40. The Morgan fingerprint density at radius 2 is 1.94 bits per heavy atom. The number of hydrogen-bond donors (Lipinski definition) is 1. The van der Waals surface area contributed by atoms with E-state index in [1.54, 1.807) is 0 Å². The van der Waals surface area contributed by atoms with Gasteiger partial charge in [0.2, 0.25) is 0 Å². The van der Waals surface area contributed by atoms with E-state index in [0.717, 1.165) is 48.4 Å². The fourth-order valence-corrected chi connectivity index (χ4v) is 5.96. The SMILES string of the molecule is CCOc1cccc2c1OC(C)(C)[C@@H]1C[C@@H]3[C@@H](CCCN3Cc3ccccc3OCC(=O)O)O[C@@H]21. The van der Waals surface area contributed by atoms with E-state index in [9.17, 15) is 4.79 Å². The third-order valence-electron chi connectivity index (χ3n) is 7.59. The summed E-state index contributed by atoms with van der Waals surface area (Å²) in [5.41, 5.74) is 1.69. The van der Waals surface area contributed by atoms with Crippen molar-refractivity contribution in [2.45, 2.75) is 70.4 Å². The van der Waals surface area contributed by atoms with Gasteiger partial charge in [0, 0.05) is 29.6 Å². The summed E-state index contributed by atoms with van der Waals surface area (Å²) in [7, 11) is 0. The molecule has 5 rings (SSSR count). The molecule has 4 atom stereocenters. The first-order valence-electron chi connectivity index (χ1n) is 12.6. The molecule has 35 heavy (non-hydrogen) atoms. The van der Waals surface area contributed by atoms with Gasteiger partial charge >= 0.3 is 5.97 Å². The zero-order chi connectivity index (χ0) is 24.6. The summed E-state index contributed by atoms with van der Waals surface area (Å²) in [6, 6.07) is 14.1. The van der Waals surface area contributed by atoms with Crippen molar-refractivity contribution in [2.24, 2.45) is 5.92 Å². The molecule has 0 saturated carbocycles. The largest absolute Gasteiger partial charge is 0.490 e. The number of para-hydroxylation sites is 2. The number of piperidine rings is 1. The number of aliphatic carboxylic acids is 1. The maximum absolute atomic E-state index is 11.0. The Labute approximate surface area is 206 Å². The molecule has 0 amide bonds. The molecule has 0 radical (unpaired) electrons. The smallest absolute Gasteiger partial charge is 0.341 e. The quantitative estimate of drug-likeness (QED) is 0.607. The molecular weight excluding hydrogens is 446 g/mol. The third-order valence-corrected chi connectivity index (χ3v) is 7.59. The molecule has 0 bridgehead atoms. The lowest BCUT2D eigenvalue weighted by atomic mass is 9.72. The highest BCUT2D eigenvalue weighted by Gasteiger charge is 2.52. The fraction of sp³-hybridized carbons (Fsp3) is 0.536. The minimum absolute atomic E-state index is 0.0263. The molecule has 188 valence electrons. The first kappa shape index (κ1) is 23.9. The Morgan fingerprint density at radius 3 is 2.74 bits per heavy atom. The van der Waals surface area contributed by atoms with E-state index < -0.39 is 11.6 Å². The van der Waals surface area contributed by atoms with Crippen molar-refractivity contribution in [3.63, 3.8) is 0 Å². The summed E-state index contributed by atoms with van der Waals surface area (Å²) in [6.45, 7) is 8.21. The molecule has 0 spiro atoms. The van der Waals surface area contributed by atoms with Crippen molar-refractivity contribution >= 4 is 5.97 Å². The highest BCUT2D eigenvalue weighted by atomic mass is 16.5. The molecule has 3 aliphatic rings. The van der Waals surface area contributed by atoms with Crippen molar-refractivity contribution in [3.05, 3.63) is 53.6 Å². The number of carboxylic acid groups (broad SMARTS) is 1. The van der Waals surface area contributed by atoms with E-state index in [0.29, 0.717) is 18.9 Å². The van der Waals surface area contributed by atoms with E-state index in [2.05, 4.69) is 24.8 Å². The van der Waals surface area contributed by atoms with E-state index >= 15 is 0 Å². The number of carboxylic acids is 1. The molecule has 2 aromatic rings. The molecule has 0 aliphatic carbocycles. The first-order chi connectivity index (χ1) is 16.9. The van der Waals surface area contributed by atoms with Gasteiger partial charge in [-0.25, -0.2) is 4.79 Å². The van der Waals surface area contributed by atoms with Gasteiger partial charge in [0.1, 0.15) is 11.4 Å². The van der Waals surface area contributed by atoms with E-state index in [1.807, 2.05) is 43.3 Å². The molecule has 2 saturated heterocycles. The molecule has 7 heteroatoms. The zero-order valence-corrected chi connectivity index (χ0v) is 20.7. The maximum atomic E-state index is 11.0. The number of rotatable bonds is 7. The van der Waals surface area contributed by atoms with Crippen LogP contribution in [0.5, 0.6) is 17.2 Å². The summed E-state index contributed by atoms with van der Waals surface area (Å²) in [4.78, 5) is 13.5. The van der Waals surface area contributed by atoms with Crippen LogP contribution >= 0.6 is 0 Å². The van der Waals surface area contributed by atoms with Gasteiger partial charge in [0.05, 0.1) is 18.8 Å². The van der Waals surface area contributed by atoms with Crippen LogP contribution in [0.2, 0.25) is 0 Å². The van der Waals surface area contributed by atoms with Crippen LogP contribution in [0, 0.1) is 5.92 Å². The molecular formula is C28H35NO6. The first-order valence-corrected chi connectivity index (χ1v) is 12.6. The molecule has 3 aliphatic heterocycles. The number of hydrogen-bond acceptors (Lipinski definition) is 6. The Bertz CT molecular complexity index is 1070. The normalized spacial score (nSPS) is 27.1. The summed E-state index contributed by atoms with van der Waals surface area (Å²) < 4.78 is 24.9. The Hall–Kier alpha value is -2.77. The van der Waals surface area contributed by atoms with Crippen LogP contribution in [0.15, 0.2) is 42.5 Å². The van der Waals surface area contributed by atoms with Gasteiger partial charge in [-0.15, -0.1) is 0 Å². The molecule has 3 heterocycles. The molecule has 2 fully saturated rings. The van der Waals surface area contributed by atoms with Crippen LogP contribution in [0.25, 0.3) is 0 Å². The average Bonchev–Trinajstić information content (AvgIpc) is 2.83. The average molecular weight is 482 g/mol. The summed E-state index contributed by atoms with van der Waals surface area (Å²) in [5, 5.41) is 9.05. The summed E-state index contributed by atoms with van der Waals surface area (Å²) in [6.07, 6.45) is 3.17. The van der Waals surface area contributed by atoms with E-state index in [1.165, 1.54) is 0 Å². The van der Waals surface area contributed by atoms with Gasteiger partial charge in [-0.3, -0.25) is 4.90 Å². The van der Waals surface area contributed by atoms with Gasteiger partial charge in [0.15, 0.2) is 18.1 Å². The lowest BCUT2D eigenvalue weighted by molar-refractivity contribution is -0.190. The van der Waals surface area contributed by atoms with Crippen molar-refractivity contribution < 1.29 is 28.8 Å². The van der Waals surface area contributed by atoms with E-state index in [-0.39, 0.29) is 30.8 Å². The van der Waals surface area contributed by atoms with Crippen molar-refractivity contribution in [2.75, 3.05) is 19.8 Å². The highest BCUT2D eigenvalue weighted by molar-refractivity contribution is 5.68. The molecule has 1 N–H and O–H groups in total. The van der Waals surface area contributed by atoms with Crippen LogP contribution in [0.1, 0.15) is 57.3 Å². The van der Waals surface area contributed by atoms with Gasteiger partial charge in [0.25, 0.3) is 0 Å². The molecule has 7 nitrogen and oxygen atoms in total. The van der Waals surface area contributed by atoms with Crippen LogP contribution in [0.3, 0.4) is 0 Å². The minimum atomic E-state index is -0.975. The predicted octanol–water partition coefficient (Wildman–Crippen LogP) is 4.83. The number of nitrogens with zero attached hydrogens (tertiary/aromatic N) is 1. The maximum Gasteiger partial charge on any atom is 0.341 e. The highest BCUT2D eigenvalue weighted by Crippen LogP contribution is 2.54. The lowest BCUT2D eigenvalue weighted by Gasteiger charge is -2.54. The summed E-state index contributed by atoms with van der Waals surface area (Å²) in [5.74, 6) is 1.45. The number of ether oxygens (including phenoxy) is 4. The lowest BCUT2D eigenvalue weighted by Crippen LogP contribution is -2.58. The van der Waals surface area contributed by atoms with Gasteiger partial charge < -0.3 is 24.1 Å². The van der Waals surface area contributed by atoms with Crippen molar-refractivity contribution in [1.29, 1.82) is 0 Å². The predicted molar refractivity (Wildman–Crippen MR) is 131 cm³/mol. The molecule has 0 unspecified atom stereocenters. The van der Waals surface area contributed by atoms with Gasteiger partial charge in [-0.2, -0.15) is 0 Å². The minimum Gasteiger partial charge on any atom is -0.490 e. The topological polar surface area (TPSA) is 77.5 Å². The standard InChI is InChI=1S/C28H35NO6/c1-4-32-24-12-7-10-19-26-20(28(2,3)35-27(19)24)15-21-23(34-26)13-8-14-29(21)16-18-9-5-6-11-22(18)33-17-25(30)31/h5-7,9-12,20-21,23,26H,4,8,13-17H2,1-3H3,(H,30,31)/t20-,21-,23-,26+/m1/s1. The second-order valence-electron chi connectivity index (χ2n) is 10.2. The van der Waals surface area contributed by atoms with Crippen LogP contribution in [0.4, 0.5) is 0 Å². The monoisotopic (exact) mass is 481 g/mol. The summed E-state index contributed by atoms with van der Waals surface area (Å²) >= 11 is 0. The fourth-order valence-electron chi connectivity index (χ4n) is 5.96. The van der Waals surface area contributed by atoms with E-state index in [4.69, 9.17) is 24.1 Å². The van der Waals surface area contributed by atoms with Gasteiger partial charge in [-0.1, -0.05) is 30.3 Å². The van der Waals surface area contributed by atoms with Gasteiger partial charge in [-0.05, 0) is 58.7 Å². The second kappa shape index (κ2) is 9.70. The second-order valence-corrected chi connectivity index (χ2v) is 10.2. The number of carbonyl (C=O) groups is 1. The van der Waals surface area contributed by atoms with Crippen LogP contribution < -0.4 is 14.2 Å². The number of fused-ring (bicyclic) bond motifs is 4. The number of benzene rings is 2. The van der Waals surface area contributed by atoms with Crippen LogP contribution in [-0.4, -0.2) is 53.5 Å². The van der Waals surface area contributed by atoms with Crippen molar-refractivity contribution in [1.82, 2.24) is 4.90 Å². The molecule has 0 aromatic heterocycles. The Kier molecular flexibility index (Phi) is 6.64. The third kappa shape index (κ3) is 4.71. The Morgan fingerprint density at radius 1 is 1.14 bits per heavy atom.